The van der Waals surface area contributed by atoms with Crippen molar-refractivity contribution < 1.29 is 22.0 Å². The number of aryl methyl sites for hydroxylation is 1. The predicted molar refractivity (Wildman–Crippen MR) is 88.0 cm³/mol. The summed E-state index contributed by atoms with van der Waals surface area (Å²) in [5.74, 6) is 0.457. The van der Waals surface area contributed by atoms with Gasteiger partial charge in [-0.15, -0.1) is 0 Å². The summed E-state index contributed by atoms with van der Waals surface area (Å²) in [5.41, 5.74) is 4.77. The van der Waals surface area contributed by atoms with Crippen LogP contribution in [0.5, 0.6) is 5.75 Å². The number of nitrogens with zero attached hydrogens (tertiary/aromatic N) is 1. The number of quaternary nitrogens is 1. The van der Waals surface area contributed by atoms with E-state index in [-0.39, 0.29) is 12.4 Å². The molecule has 0 saturated heterocycles. The molecule has 21 heavy (non-hydrogen) atoms. The Bertz CT molecular complexity index is 483. The molecule has 0 aliphatic heterocycles. The average molecular weight is 312 g/mol. The highest BCUT2D eigenvalue weighted by Gasteiger charge is 2.11. The number of rotatable bonds is 6. The highest BCUT2D eigenvalue weighted by molar-refractivity contribution is 5.58. The Kier molecular flexibility index (Phi) is 8.05. The number of allylic oxidation sites excluding steroid dienone is 1. The van der Waals surface area contributed by atoms with Crippen molar-refractivity contribution in [1.29, 1.82) is 0 Å². The Labute approximate surface area is 136 Å². The summed E-state index contributed by atoms with van der Waals surface area (Å²) >= 11 is 0. The summed E-state index contributed by atoms with van der Waals surface area (Å²) in [6.45, 7) is 7.44. The first kappa shape index (κ1) is 20.0. The fraction of sp³-hybridized carbons (Fsp3) is 0.556. The Morgan fingerprint density at radius 2 is 1.81 bits per heavy atom. The van der Waals surface area contributed by atoms with Crippen LogP contribution in [0.2, 0.25) is 0 Å². The van der Waals surface area contributed by atoms with Crippen LogP contribution >= 0.6 is 0 Å². The van der Waals surface area contributed by atoms with Gasteiger partial charge < -0.3 is 22.0 Å². The number of phenolic OH excluding ortho intramolecular Hbond substituents is 1. The number of halogens is 1. The lowest BCUT2D eigenvalue weighted by Gasteiger charge is -2.24. The molecule has 0 amide bonds. The summed E-state index contributed by atoms with van der Waals surface area (Å²) < 4.78 is 0.970. The van der Waals surface area contributed by atoms with Gasteiger partial charge in [0.05, 0.1) is 27.7 Å². The fourth-order valence-electron chi connectivity index (χ4n) is 2.49. The molecule has 3 heteroatoms. The van der Waals surface area contributed by atoms with E-state index in [1.54, 1.807) is 0 Å². The topological polar surface area (TPSA) is 20.2 Å². The lowest BCUT2D eigenvalue weighted by molar-refractivity contribution is -0.870. The van der Waals surface area contributed by atoms with Gasteiger partial charge in [0.15, 0.2) is 0 Å². The summed E-state index contributed by atoms with van der Waals surface area (Å²) in [5, 5.41) is 10.3. The Hall–Kier alpha value is -0.990. The molecule has 0 aliphatic carbocycles. The van der Waals surface area contributed by atoms with Crippen molar-refractivity contribution in [3.63, 3.8) is 0 Å². The molecule has 1 rings (SSSR count). The second kappa shape index (κ2) is 8.45. The number of phenols is 1. The third-order valence-electron chi connectivity index (χ3n) is 3.43. The molecule has 0 aromatic heterocycles. The van der Waals surface area contributed by atoms with Gasteiger partial charge >= 0.3 is 0 Å². The van der Waals surface area contributed by atoms with Crippen LogP contribution in [0.4, 0.5) is 0 Å². The van der Waals surface area contributed by atoms with Gasteiger partial charge in [0.1, 0.15) is 5.75 Å². The zero-order valence-corrected chi connectivity index (χ0v) is 15.1. The van der Waals surface area contributed by atoms with Gasteiger partial charge in [0.2, 0.25) is 0 Å². The van der Waals surface area contributed by atoms with Crippen LogP contribution in [0.25, 0.3) is 6.08 Å². The molecule has 0 radical (unpaired) electrons. The van der Waals surface area contributed by atoms with Gasteiger partial charge in [-0.25, -0.2) is 0 Å². The highest BCUT2D eigenvalue weighted by Crippen LogP contribution is 2.27. The molecule has 0 aliphatic rings. The quantitative estimate of drug-likeness (QED) is 0.778. The van der Waals surface area contributed by atoms with Crippen molar-refractivity contribution >= 4 is 6.08 Å². The fourth-order valence-corrected chi connectivity index (χ4v) is 2.49. The van der Waals surface area contributed by atoms with Crippen LogP contribution in [0.15, 0.2) is 17.7 Å². The van der Waals surface area contributed by atoms with Crippen molar-refractivity contribution in [2.24, 2.45) is 0 Å². The molecule has 0 fully saturated rings. The molecule has 120 valence electrons. The van der Waals surface area contributed by atoms with Crippen molar-refractivity contribution in [3.8, 4) is 5.75 Å². The van der Waals surface area contributed by atoms with E-state index in [1.807, 2.05) is 6.07 Å². The minimum Gasteiger partial charge on any atom is -1.00 e. The van der Waals surface area contributed by atoms with E-state index in [2.05, 4.69) is 54.1 Å². The van der Waals surface area contributed by atoms with E-state index in [1.165, 1.54) is 11.1 Å². The van der Waals surface area contributed by atoms with E-state index in [0.29, 0.717) is 5.75 Å². The first-order chi connectivity index (χ1) is 9.23. The Balaban J connectivity index is 0.00000400. The van der Waals surface area contributed by atoms with E-state index >= 15 is 0 Å². The second-order valence-corrected chi connectivity index (χ2v) is 6.87. The Morgan fingerprint density at radius 3 is 2.29 bits per heavy atom. The molecular formula is C18H30ClNO. The summed E-state index contributed by atoms with van der Waals surface area (Å²) in [4.78, 5) is 0. The highest BCUT2D eigenvalue weighted by atomic mass is 35.5. The molecule has 2 nitrogen and oxygen atoms in total. The van der Waals surface area contributed by atoms with Gasteiger partial charge in [-0.1, -0.05) is 24.6 Å². The number of hydrogen-bond donors (Lipinski definition) is 1. The van der Waals surface area contributed by atoms with Crippen LogP contribution < -0.4 is 12.4 Å². The van der Waals surface area contributed by atoms with Crippen LogP contribution in [0.1, 0.15) is 43.9 Å². The van der Waals surface area contributed by atoms with E-state index < -0.39 is 0 Å². The standard InChI is InChI=1S/C18H29NO.ClH/c1-7-16-12-15(11-14(2)3)13-18(20)17(16)9-8-10-19(4,5)6;/h11-13H,7-10H2,1-6H3;1H. The molecule has 0 saturated carbocycles. The zero-order valence-electron chi connectivity index (χ0n) is 14.3. The monoisotopic (exact) mass is 311 g/mol. The molecule has 0 bridgehead atoms. The van der Waals surface area contributed by atoms with Crippen molar-refractivity contribution in [2.45, 2.75) is 40.0 Å². The predicted octanol–water partition coefficient (Wildman–Crippen LogP) is 1.02. The van der Waals surface area contributed by atoms with Gasteiger partial charge in [0, 0.05) is 6.42 Å². The molecule has 1 aromatic carbocycles. The minimum absolute atomic E-state index is 0. The first-order valence-electron chi connectivity index (χ1n) is 7.53. The maximum atomic E-state index is 10.3. The molecule has 0 atom stereocenters. The second-order valence-electron chi connectivity index (χ2n) is 6.87. The number of benzene rings is 1. The average Bonchev–Trinajstić information content (AvgIpc) is 2.29. The van der Waals surface area contributed by atoms with Gasteiger partial charge in [-0.05, 0) is 49.4 Å². The third kappa shape index (κ3) is 7.01. The largest absolute Gasteiger partial charge is 1.00 e. The van der Waals surface area contributed by atoms with Crippen LogP contribution in [0, 0.1) is 0 Å². The first-order valence-corrected chi connectivity index (χ1v) is 7.53. The van der Waals surface area contributed by atoms with Crippen LogP contribution in [-0.2, 0) is 12.8 Å². The lowest BCUT2D eigenvalue weighted by Crippen LogP contribution is -3.00. The summed E-state index contributed by atoms with van der Waals surface area (Å²) in [6, 6.07) is 4.11. The molecule has 1 aromatic rings. The molecule has 0 heterocycles. The van der Waals surface area contributed by atoms with Crippen LogP contribution in [0.3, 0.4) is 0 Å². The number of aromatic hydroxyl groups is 1. The minimum atomic E-state index is 0. The van der Waals surface area contributed by atoms with E-state index in [9.17, 15) is 5.11 Å². The zero-order chi connectivity index (χ0) is 15.3. The molecule has 0 spiro atoms. The van der Waals surface area contributed by atoms with Crippen molar-refractivity contribution in [2.75, 3.05) is 27.7 Å². The lowest BCUT2D eigenvalue weighted by atomic mass is 9.96. The van der Waals surface area contributed by atoms with Crippen molar-refractivity contribution in [3.05, 3.63) is 34.4 Å². The third-order valence-corrected chi connectivity index (χ3v) is 3.43. The number of hydrogen-bond acceptors (Lipinski definition) is 1. The molecule has 1 N–H and O–H groups in total. The van der Waals surface area contributed by atoms with Gasteiger partial charge in [0.25, 0.3) is 0 Å². The summed E-state index contributed by atoms with van der Waals surface area (Å²) in [6.07, 6.45) is 5.15. The molecule has 0 unspecified atom stereocenters. The van der Waals surface area contributed by atoms with Crippen molar-refractivity contribution in [1.82, 2.24) is 0 Å². The van der Waals surface area contributed by atoms with Gasteiger partial charge in [-0.2, -0.15) is 0 Å². The smallest absolute Gasteiger partial charge is 0.119 e. The Morgan fingerprint density at radius 1 is 1.19 bits per heavy atom. The van der Waals surface area contributed by atoms with E-state index in [4.69, 9.17) is 0 Å². The maximum Gasteiger partial charge on any atom is 0.119 e. The SMILES string of the molecule is CCc1cc(C=C(C)C)cc(O)c1CCC[N+](C)(C)C.[Cl-]. The normalized spacial score (nSPS) is 11.0. The molecular weight excluding hydrogens is 282 g/mol. The van der Waals surface area contributed by atoms with E-state index in [0.717, 1.165) is 41.4 Å². The van der Waals surface area contributed by atoms with Crippen LogP contribution in [-0.4, -0.2) is 37.3 Å². The van der Waals surface area contributed by atoms with Gasteiger partial charge in [-0.3, -0.25) is 0 Å². The maximum absolute atomic E-state index is 10.3. The summed E-state index contributed by atoms with van der Waals surface area (Å²) in [7, 11) is 6.62.